The molecule has 6 rings (SSSR count). The zero-order valence-electron chi connectivity index (χ0n) is 20.2. The summed E-state index contributed by atoms with van der Waals surface area (Å²) in [5, 5.41) is 9.99. The van der Waals surface area contributed by atoms with Crippen LogP contribution in [0.3, 0.4) is 0 Å². The van der Waals surface area contributed by atoms with Gasteiger partial charge in [0, 0.05) is 80.7 Å². The predicted molar refractivity (Wildman–Crippen MR) is 138 cm³/mol. The maximum Gasteiger partial charge on any atom is 0.274 e. The molecule has 2 N–H and O–H groups in total. The maximum absolute atomic E-state index is 11.6. The van der Waals surface area contributed by atoms with Gasteiger partial charge in [0.1, 0.15) is 5.65 Å². The summed E-state index contributed by atoms with van der Waals surface area (Å²) in [5.41, 5.74) is 7.13. The fourth-order valence-corrected chi connectivity index (χ4v) is 5.80. The molecule has 184 valence electrons. The van der Waals surface area contributed by atoms with E-state index >= 15 is 0 Å². The third-order valence-electron chi connectivity index (χ3n) is 7.72. The van der Waals surface area contributed by atoms with Gasteiger partial charge < -0.3 is 9.47 Å². The monoisotopic (exact) mass is 482 g/mol. The van der Waals surface area contributed by atoms with Crippen molar-refractivity contribution in [3.63, 3.8) is 0 Å². The minimum absolute atomic E-state index is 0.425. The number of nitrogens with one attached hydrogen (secondary N) is 1. The lowest BCUT2D eigenvalue weighted by atomic mass is 9.72. The highest BCUT2D eigenvalue weighted by Gasteiger charge is 2.44. The molecule has 0 unspecified atom stereocenters. The predicted octanol–water partition coefficient (Wildman–Crippen LogP) is 3.70. The number of fused-ring (bicyclic) bond motifs is 1. The van der Waals surface area contributed by atoms with Crippen molar-refractivity contribution in [3.8, 4) is 0 Å². The fourth-order valence-electron chi connectivity index (χ4n) is 5.80. The summed E-state index contributed by atoms with van der Waals surface area (Å²) < 4.78 is 2.15. The maximum atomic E-state index is 11.6. The van der Waals surface area contributed by atoms with E-state index in [1.54, 1.807) is 17.6 Å². The molecular formula is C28H30N6O2. The van der Waals surface area contributed by atoms with Crippen molar-refractivity contribution in [1.29, 1.82) is 0 Å². The Labute approximate surface area is 210 Å². The second-order valence-electron chi connectivity index (χ2n) is 10.1. The molecule has 2 aliphatic heterocycles. The van der Waals surface area contributed by atoms with Gasteiger partial charge in [0.05, 0.1) is 0 Å². The van der Waals surface area contributed by atoms with Gasteiger partial charge in [0.15, 0.2) is 0 Å². The zero-order valence-corrected chi connectivity index (χ0v) is 20.2. The number of aromatic nitrogens is 3. The average Bonchev–Trinajstić information content (AvgIpc) is 3.32. The largest absolute Gasteiger partial charge is 0.371 e. The van der Waals surface area contributed by atoms with Crippen LogP contribution in [0.5, 0.6) is 0 Å². The highest BCUT2D eigenvalue weighted by molar-refractivity contribution is 5.93. The molecule has 4 aromatic rings. The van der Waals surface area contributed by atoms with Gasteiger partial charge in [-0.15, -0.1) is 0 Å². The molecule has 2 fully saturated rings. The Bertz CT molecular complexity index is 1350. The fraction of sp³-hybridized carbons (Fsp3) is 0.321. The molecule has 2 aliphatic rings. The number of hydrogen-bond donors (Lipinski definition) is 2. The van der Waals surface area contributed by atoms with E-state index in [2.05, 4.69) is 48.7 Å². The Morgan fingerprint density at radius 3 is 2.50 bits per heavy atom. The van der Waals surface area contributed by atoms with E-state index in [0.29, 0.717) is 17.5 Å². The number of likely N-dealkylation sites (tertiary alicyclic amines) is 1. The first-order valence-electron chi connectivity index (χ1n) is 12.5. The number of amides is 1. The number of nitrogens with zero attached hydrogens (tertiary/aromatic N) is 5. The number of carbonyl (C=O) groups excluding carboxylic acids is 1. The SMILES string of the molecule is O=C(NO)c1ccc(Cn2ccc3c(N4CCC5(CC4)CN(Cc4cccnc4)C5)ccnc32)cc1. The van der Waals surface area contributed by atoms with Crippen LogP contribution in [0.1, 0.15) is 34.3 Å². The van der Waals surface area contributed by atoms with Gasteiger partial charge in [-0.1, -0.05) is 18.2 Å². The smallest absolute Gasteiger partial charge is 0.274 e. The summed E-state index contributed by atoms with van der Waals surface area (Å²) in [5.74, 6) is -0.509. The number of hydroxylamine groups is 1. The number of pyridine rings is 2. The van der Waals surface area contributed by atoms with Crippen LogP contribution in [0.25, 0.3) is 11.0 Å². The van der Waals surface area contributed by atoms with E-state index in [4.69, 9.17) is 5.21 Å². The van der Waals surface area contributed by atoms with E-state index < -0.39 is 5.91 Å². The van der Waals surface area contributed by atoms with Crippen LogP contribution in [0, 0.1) is 5.41 Å². The molecule has 1 amide bonds. The molecule has 0 aliphatic carbocycles. The molecule has 8 nitrogen and oxygen atoms in total. The zero-order chi connectivity index (χ0) is 24.5. The van der Waals surface area contributed by atoms with Crippen LogP contribution < -0.4 is 10.4 Å². The van der Waals surface area contributed by atoms with Gasteiger partial charge in [-0.25, -0.2) is 10.5 Å². The summed E-state index contributed by atoms with van der Waals surface area (Å²) in [6, 6.07) is 15.7. The molecule has 0 saturated carbocycles. The Kier molecular flexibility index (Phi) is 5.91. The molecule has 0 bridgehead atoms. The first-order valence-corrected chi connectivity index (χ1v) is 12.5. The molecule has 2 saturated heterocycles. The van der Waals surface area contributed by atoms with Crippen LogP contribution in [-0.4, -0.2) is 56.7 Å². The summed E-state index contributed by atoms with van der Waals surface area (Å²) in [7, 11) is 0. The molecule has 0 atom stereocenters. The molecule has 8 heteroatoms. The Morgan fingerprint density at radius 1 is 0.972 bits per heavy atom. The first-order chi connectivity index (χ1) is 17.6. The molecule has 3 aromatic heterocycles. The third-order valence-corrected chi connectivity index (χ3v) is 7.72. The Hall–Kier alpha value is -3.75. The molecule has 0 radical (unpaired) electrons. The van der Waals surface area contributed by atoms with Gasteiger partial charge in [0.25, 0.3) is 5.91 Å². The van der Waals surface area contributed by atoms with E-state index in [-0.39, 0.29) is 0 Å². The number of carbonyl (C=O) groups is 1. The number of benzene rings is 1. The molecule has 1 spiro atoms. The topological polar surface area (TPSA) is 86.5 Å². The average molecular weight is 483 g/mol. The summed E-state index contributed by atoms with van der Waals surface area (Å²) in [4.78, 5) is 25.6. The number of hydrogen-bond acceptors (Lipinski definition) is 6. The highest BCUT2D eigenvalue weighted by atomic mass is 16.5. The lowest BCUT2D eigenvalue weighted by Crippen LogP contribution is -2.59. The van der Waals surface area contributed by atoms with E-state index in [0.717, 1.165) is 30.8 Å². The van der Waals surface area contributed by atoms with Gasteiger partial charge in [-0.3, -0.25) is 19.9 Å². The van der Waals surface area contributed by atoms with Crippen LogP contribution in [0.2, 0.25) is 0 Å². The lowest BCUT2D eigenvalue weighted by Gasteiger charge is -2.54. The van der Waals surface area contributed by atoms with Crippen LogP contribution >= 0.6 is 0 Å². The third kappa shape index (κ3) is 4.34. The van der Waals surface area contributed by atoms with Crippen molar-refractivity contribution < 1.29 is 10.0 Å². The van der Waals surface area contributed by atoms with E-state index in [1.165, 1.54) is 42.6 Å². The molecule has 36 heavy (non-hydrogen) atoms. The number of piperidine rings is 1. The van der Waals surface area contributed by atoms with Gasteiger partial charge >= 0.3 is 0 Å². The van der Waals surface area contributed by atoms with E-state index in [9.17, 15) is 4.79 Å². The summed E-state index contributed by atoms with van der Waals surface area (Å²) in [6.45, 7) is 6.15. The molecule has 1 aromatic carbocycles. The molecular weight excluding hydrogens is 452 g/mol. The number of anilines is 1. The quantitative estimate of drug-likeness (QED) is 0.322. The normalized spacial score (nSPS) is 17.3. The lowest BCUT2D eigenvalue weighted by molar-refractivity contribution is -0.0240. The van der Waals surface area contributed by atoms with Gasteiger partial charge in [-0.05, 0) is 59.7 Å². The van der Waals surface area contributed by atoms with Crippen molar-refractivity contribution in [2.24, 2.45) is 5.41 Å². The van der Waals surface area contributed by atoms with Gasteiger partial charge in [-0.2, -0.15) is 0 Å². The van der Waals surface area contributed by atoms with E-state index in [1.807, 2.05) is 36.8 Å². The van der Waals surface area contributed by atoms with Crippen molar-refractivity contribution in [2.45, 2.75) is 25.9 Å². The minimum Gasteiger partial charge on any atom is -0.371 e. The van der Waals surface area contributed by atoms with Crippen molar-refractivity contribution >= 4 is 22.6 Å². The minimum atomic E-state index is -0.509. The van der Waals surface area contributed by atoms with Gasteiger partial charge in [0.2, 0.25) is 0 Å². The van der Waals surface area contributed by atoms with Crippen LogP contribution in [0.4, 0.5) is 5.69 Å². The summed E-state index contributed by atoms with van der Waals surface area (Å²) in [6.07, 6.45) is 10.2. The standard InChI is InChI=1S/C28H30N6O2/c35-27(31-36)23-5-3-21(4-6-23)18-34-13-8-24-25(7-12-30-26(24)34)33-14-9-28(10-15-33)19-32(20-28)17-22-2-1-11-29-16-22/h1-8,11-13,16,36H,9-10,14-15,17-20H2,(H,31,35). The second kappa shape index (κ2) is 9.37. The Balaban J connectivity index is 1.11. The molecule has 5 heterocycles. The van der Waals surface area contributed by atoms with Crippen molar-refractivity contribution in [2.75, 3.05) is 31.1 Å². The van der Waals surface area contributed by atoms with Crippen LogP contribution in [-0.2, 0) is 13.1 Å². The van der Waals surface area contributed by atoms with Crippen molar-refractivity contribution in [1.82, 2.24) is 24.9 Å². The Morgan fingerprint density at radius 2 is 1.78 bits per heavy atom. The highest BCUT2D eigenvalue weighted by Crippen LogP contribution is 2.42. The summed E-state index contributed by atoms with van der Waals surface area (Å²) >= 11 is 0. The second-order valence-corrected chi connectivity index (χ2v) is 10.1. The first kappa shape index (κ1) is 22.7. The van der Waals surface area contributed by atoms with Crippen molar-refractivity contribution in [3.05, 3.63) is 90.0 Å². The number of rotatable bonds is 6. The van der Waals surface area contributed by atoms with Crippen LogP contribution in [0.15, 0.2) is 73.3 Å².